The number of likely N-dealkylation sites (tertiary alicyclic amines) is 1. The van der Waals surface area contributed by atoms with Gasteiger partial charge in [-0.3, -0.25) is 4.90 Å². The van der Waals surface area contributed by atoms with Crippen molar-refractivity contribution in [3.8, 4) is 5.75 Å². The molecule has 1 aromatic rings. The van der Waals surface area contributed by atoms with Gasteiger partial charge in [-0.2, -0.15) is 0 Å². The van der Waals surface area contributed by atoms with E-state index in [4.69, 9.17) is 9.47 Å². The summed E-state index contributed by atoms with van der Waals surface area (Å²) in [6, 6.07) is 5.84. The second-order valence-electron chi connectivity index (χ2n) is 7.43. The molecule has 0 bridgehead atoms. The van der Waals surface area contributed by atoms with E-state index in [-0.39, 0.29) is 24.8 Å². The molecule has 1 saturated heterocycles. The molecule has 2 aliphatic rings. The van der Waals surface area contributed by atoms with E-state index in [0.717, 1.165) is 24.2 Å². The SMILES string of the molecule is COc1ccc2c(c1)C[C@@H]1C[C@@H](CO)N(C(=O)OC(C)(C)C)[C@H]21. The Morgan fingerprint density at radius 1 is 1.39 bits per heavy atom. The fourth-order valence-electron chi connectivity index (χ4n) is 3.84. The minimum atomic E-state index is -0.545. The van der Waals surface area contributed by atoms with Crippen molar-refractivity contribution < 1.29 is 19.4 Å². The molecule has 1 aromatic carbocycles. The lowest BCUT2D eigenvalue weighted by Crippen LogP contribution is -2.42. The van der Waals surface area contributed by atoms with Crippen molar-refractivity contribution in [2.45, 2.75) is 51.3 Å². The minimum absolute atomic E-state index is 0.0112. The highest BCUT2D eigenvalue weighted by atomic mass is 16.6. The third-order valence-electron chi connectivity index (χ3n) is 4.68. The lowest BCUT2D eigenvalue weighted by molar-refractivity contribution is 0.00795. The highest BCUT2D eigenvalue weighted by Gasteiger charge is 2.49. The Bertz CT molecular complexity index is 608. The number of aliphatic hydroxyl groups is 1. The maximum Gasteiger partial charge on any atom is 0.411 e. The molecule has 0 unspecified atom stereocenters. The molecule has 0 aromatic heterocycles. The maximum absolute atomic E-state index is 12.7. The van der Waals surface area contributed by atoms with Crippen LogP contribution in [-0.4, -0.2) is 41.5 Å². The first-order chi connectivity index (χ1) is 10.8. The van der Waals surface area contributed by atoms with Gasteiger partial charge < -0.3 is 14.6 Å². The molecule has 126 valence electrons. The summed E-state index contributed by atoms with van der Waals surface area (Å²) in [5, 5.41) is 9.70. The largest absolute Gasteiger partial charge is 0.497 e. The van der Waals surface area contributed by atoms with Gasteiger partial charge in [-0.25, -0.2) is 4.79 Å². The van der Waals surface area contributed by atoms with E-state index in [2.05, 4.69) is 6.07 Å². The van der Waals surface area contributed by atoms with Crippen molar-refractivity contribution in [2.24, 2.45) is 5.92 Å². The molecule has 0 spiro atoms. The van der Waals surface area contributed by atoms with Crippen molar-refractivity contribution >= 4 is 6.09 Å². The summed E-state index contributed by atoms with van der Waals surface area (Å²) in [6.45, 7) is 5.55. The average Bonchev–Trinajstić information content (AvgIpc) is 2.99. The quantitative estimate of drug-likeness (QED) is 0.910. The van der Waals surface area contributed by atoms with E-state index < -0.39 is 5.60 Å². The number of carbonyl (C=O) groups excluding carboxylic acids is 1. The summed E-state index contributed by atoms with van der Waals surface area (Å²) in [5.74, 6) is 1.17. The molecule has 0 radical (unpaired) electrons. The van der Waals surface area contributed by atoms with E-state index in [1.165, 1.54) is 5.56 Å². The Morgan fingerprint density at radius 2 is 2.13 bits per heavy atom. The van der Waals surface area contributed by atoms with Gasteiger partial charge in [0.15, 0.2) is 0 Å². The molecule has 3 atom stereocenters. The third kappa shape index (κ3) is 2.90. The van der Waals surface area contributed by atoms with Crippen LogP contribution in [0.15, 0.2) is 18.2 Å². The van der Waals surface area contributed by atoms with Crippen LogP contribution in [0.1, 0.15) is 44.4 Å². The van der Waals surface area contributed by atoms with Crippen molar-refractivity contribution in [1.82, 2.24) is 4.90 Å². The van der Waals surface area contributed by atoms with E-state index in [0.29, 0.717) is 5.92 Å². The van der Waals surface area contributed by atoms with E-state index >= 15 is 0 Å². The lowest BCUT2D eigenvalue weighted by atomic mass is 10.0. The molecular weight excluding hydrogens is 294 g/mol. The number of fused-ring (bicyclic) bond motifs is 3. The molecule has 1 fully saturated rings. The predicted octanol–water partition coefficient (Wildman–Crippen LogP) is 2.91. The molecule has 0 saturated carbocycles. The standard InChI is InChI=1S/C18H25NO4/c1-18(2,3)23-17(21)19-13(10-20)8-12-7-11-9-14(22-4)5-6-15(11)16(12)19/h5-6,9,12-13,16,20H,7-8,10H2,1-4H3/t12-,13+,16+/m1/s1. The molecule has 5 nitrogen and oxygen atoms in total. The van der Waals surface area contributed by atoms with Crippen molar-refractivity contribution in [1.29, 1.82) is 0 Å². The highest BCUT2D eigenvalue weighted by Crippen LogP contribution is 2.50. The van der Waals surface area contributed by atoms with Crippen LogP contribution in [0.5, 0.6) is 5.75 Å². The number of hydrogen-bond donors (Lipinski definition) is 1. The fourth-order valence-corrected chi connectivity index (χ4v) is 3.84. The van der Waals surface area contributed by atoms with Crippen LogP contribution < -0.4 is 4.74 Å². The van der Waals surface area contributed by atoms with Gasteiger partial charge >= 0.3 is 6.09 Å². The second-order valence-corrected chi connectivity index (χ2v) is 7.43. The Morgan fingerprint density at radius 3 is 2.74 bits per heavy atom. The van der Waals surface area contributed by atoms with E-state index in [1.807, 2.05) is 32.9 Å². The van der Waals surface area contributed by atoms with Crippen LogP contribution in [0, 0.1) is 5.92 Å². The number of carbonyl (C=O) groups is 1. The van der Waals surface area contributed by atoms with Crippen molar-refractivity contribution in [2.75, 3.05) is 13.7 Å². The zero-order valence-corrected chi connectivity index (χ0v) is 14.2. The molecule has 1 aliphatic heterocycles. The van der Waals surface area contributed by atoms with Crippen LogP contribution in [0.3, 0.4) is 0 Å². The number of methoxy groups -OCH3 is 1. The van der Waals surface area contributed by atoms with Gasteiger partial charge in [-0.05, 0) is 62.8 Å². The molecule has 5 heteroatoms. The molecule has 1 amide bonds. The van der Waals surface area contributed by atoms with E-state index in [1.54, 1.807) is 12.0 Å². The highest BCUT2D eigenvalue weighted by molar-refractivity contribution is 5.70. The second kappa shape index (κ2) is 5.71. The van der Waals surface area contributed by atoms with Crippen LogP contribution in [-0.2, 0) is 11.2 Å². The summed E-state index contributed by atoms with van der Waals surface area (Å²) >= 11 is 0. The summed E-state index contributed by atoms with van der Waals surface area (Å²) in [7, 11) is 1.66. The molecule has 1 heterocycles. The number of benzene rings is 1. The monoisotopic (exact) mass is 319 g/mol. The fraction of sp³-hybridized carbons (Fsp3) is 0.611. The number of hydrogen-bond acceptors (Lipinski definition) is 4. The van der Waals surface area contributed by atoms with E-state index in [9.17, 15) is 9.90 Å². The third-order valence-corrected chi connectivity index (χ3v) is 4.68. The van der Waals surface area contributed by atoms with Gasteiger partial charge in [0, 0.05) is 0 Å². The molecular formula is C18H25NO4. The number of amides is 1. The first kappa shape index (κ1) is 16.1. The number of rotatable bonds is 2. The first-order valence-corrected chi connectivity index (χ1v) is 8.13. The van der Waals surface area contributed by atoms with Gasteiger partial charge in [0.1, 0.15) is 11.4 Å². The summed E-state index contributed by atoms with van der Waals surface area (Å²) < 4.78 is 10.9. The van der Waals surface area contributed by atoms with Gasteiger partial charge in [-0.15, -0.1) is 0 Å². The van der Waals surface area contributed by atoms with Gasteiger partial charge in [0.25, 0.3) is 0 Å². The zero-order chi connectivity index (χ0) is 16.8. The Hall–Kier alpha value is -1.75. The van der Waals surface area contributed by atoms with Crippen LogP contribution >= 0.6 is 0 Å². The lowest BCUT2D eigenvalue weighted by Gasteiger charge is -2.32. The van der Waals surface area contributed by atoms with Gasteiger partial charge in [-0.1, -0.05) is 6.07 Å². The topological polar surface area (TPSA) is 59.0 Å². The summed E-state index contributed by atoms with van der Waals surface area (Å²) in [6.07, 6.45) is 1.37. The Labute approximate surface area is 137 Å². The van der Waals surface area contributed by atoms with Crippen molar-refractivity contribution in [3.63, 3.8) is 0 Å². The number of nitrogens with zero attached hydrogens (tertiary/aromatic N) is 1. The Balaban J connectivity index is 1.92. The van der Waals surface area contributed by atoms with Gasteiger partial charge in [0.05, 0.1) is 25.8 Å². The molecule has 23 heavy (non-hydrogen) atoms. The zero-order valence-electron chi connectivity index (χ0n) is 14.2. The van der Waals surface area contributed by atoms with Crippen LogP contribution in [0.25, 0.3) is 0 Å². The minimum Gasteiger partial charge on any atom is -0.497 e. The molecule has 3 rings (SSSR count). The van der Waals surface area contributed by atoms with Gasteiger partial charge in [0.2, 0.25) is 0 Å². The molecule has 1 N–H and O–H groups in total. The Kier molecular flexibility index (Phi) is 4.00. The summed E-state index contributed by atoms with van der Waals surface area (Å²) in [4.78, 5) is 14.4. The van der Waals surface area contributed by atoms with Crippen LogP contribution in [0.4, 0.5) is 4.79 Å². The van der Waals surface area contributed by atoms with Crippen molar-refractivity contribution in [3.05, 3.63) is 29.3 Å². The number of ether oxygens (including phenoxy) is 2. The first-order valence-electron chi connectivity index (χ1n) is 8.13. The maximum atomic E-state index is 12.7. The number of aliphatic hydroxyl groups excluding tert-OH is 1. The average molecular weight is 319 g/mol. The molecule has 1 aliphatic carbocycles. The normalized spacial score (nSPS) is 26.0. The van der Waals surface area contributed by atoms with Crippen LogP contribution in [0.2, 0.25) is 0 Å². The predicted molar refractivity (Wildman–Crippen MR) is 86.5 cm³/mol. The summed E-state index contributed by atoms with van der Waals surface area (Å²) in [5.41, 5.74) is 1.83. The smallest absolute Gasteiger partial charge is 0.411 e.